The van der Waals surface area contributed by atoms with Crippen LogP contribution in [-0.2, 0) is 6.54 Å². The van der Waals surface area contributed by atoms with Crippen molar-refractivity contribution in [3.05, 3.63) is 16.1 Å². The molecule has 3 nitrogen and oxygen atoms in total. The molecule has 1 aliphatic carbocycles. The summed E-state index contributed by atoms with van der Waals surface area (Å²) in [7, 11) is 0. The van der Waals surface area contributed by atoms with E-state index in [4.69, 9.17) is 0 Å². The molecule has 1 aromatic rings. The first-order valence-corrected chi connectivity index (χ1v) is 7.01. The Labute approximate surface area is 101 Å². The second-order valence-electron chi connectivity index (χ2n) is 5.03. The lowest BCUT2D eigenvalue weighted by atomic mass is 10.2. The Bertz CT molecular complexity index is 359. The molecule has 0 aromatic carbocycles. The quantitative estimate of drug-likeness (QED) is 0.865. The van der Waals surface area contributed by atoms with Gasteiger partial charge in [0.2, 0.25) is 0 Å². The van der Waals surface area contributed by atoms with E-state index in [9.17, 15) is 0 Å². The Morgan fingerprint density at radius 1 is 1.44 bits per heavy atom. The predicted octanol–water partition coefficient (Wildman–Crippen LogP) is 1.78. The van der Waals surface area contributed by atoms with Crippen LogP contribution in [0.1, 0.15) is 29.1 Å². The number of thiazole rings is 1. The Morgan fingerprint density at radius 3 is 3.00 bits per heavy atom. The number of likely N-dealkylation sites (tertiary alicyclic amines) is 1. The van der Waals surface area contributed by atoms with Crippen LogP contribution >= 0.6 is 11.3 Å². The molecular weight excluding hydrogens is 218 g/mol. The third-order valence-electron chi connectivity index (χ3n) is 3.35. The van der Waals surface area contributed by atoms with Crippen LogP contribution in [0.3, 0.4) is 0 Å². The number of hydrogen-bond donors (Lipinski definition) is 1. The van der Waals surface area contributed by atoms with Crippen molar-refractivity contribution in [3.63, 3.8) is 0 Å². The van der Waals surface area contributed by atoms with Gasteiger partial charge < -0.3 is 5.32 Å². The number of aromatic nitrogens is 1. The Balaban J connectivity index is 1.49. The van der Waals surface area contributed by atoms with E-state index in [0.717, 1.165) is 18.6 Å². The second kappa shape index (κ2) is 4.43. The van der Waals surface area contributed by atoms with E-state index in [1.165, 1.54) is 42.2 Å². The van der Waals surface area contributed by atoms with E-state index in [-0.39, 0.29) is 0 Å². The molecule has 0 bridgehead atoms. The van der Waals surface area contributed by atoms with Crippen molar-refractivity contribution < 1.29 is 0 Å². The maximum atomic E-state index is 4.43. The summed E-state index contributed by atoms with van der Waals surface area (Å²) in [6.07, 6.45) is 6.07. The second-order valence-corrected chi connectivity index (χ2v) is 6.35. The lowest BCUT2D eigenvalue weighted by Crippen LogP contribution is -2.33. The summed E-state index contributed by atoms with van der Waals surface area (Å²) in [6, 6.07) is 1.57. The Hall–Kier alpha value is -0.450. The summed E-state index contributed by atoms with van der Waals surface area (Å²) in [5.41, 5.74) is 0. The average molecular weight is 237 g/mol. The summed E-state index contributed by atoms with van der Waals surface area (Å²) in [6.45, 7) is 5.60. The molecule has 1 saturated heterocycles. The van der Waals surface area contributed by atoms with Gasteiger partial charge in [0, 0.05) is 36.2 Å². The lowest BCUT2D eigenvalue weighted by molar-refractivity contribution is 0.319. The minimum Gasteiger partial charge on any atom is -0.310 e. The summed E-state index contributed by atoms with van der Waals surface area (Å²) >= 11 is 1.83. The van der Waals surface area contributed by atoms with Crippen LogP contribution in [0.25, 0.3) is 0 Å². The number of nitrogens with one attached hydrogen (secondary N) is 1. The van der Waals surface area contributed by atoms with Crippen LogP contribution in [0.5, 0.6) is 0 Å². The van der Waals surface area contributed by atoms with Gasteiger partial charge in [-0.15, -0.1) is 11.3 Å². The highest BCUT2D eigenvalue weighted by molar-refractivity contribution is 7.11. The van der Waals surface area contributed by atoms with Crippen molar-refractivity contribution in [3.8, 4) is 0 Å². The highest BCUT2D eigenvalue weighted by Gasteiger charge is 2.29. The SMILES string of the molecule is Cc1cnc(CN2CCC(NC3CC3)C2)s1. The van der Waals surface area contributed by atoms with Crippen molar-refractivity contribution in [1.82, 2.24) is 15.2 Å². The van der Waals surface area contributed by atoms with E-state index >= 15 is 0 Å². The monoisotopic (exact) mass is 237 g/mol. The third kappa shape index (κ3) is 2.62. The molecular formula is C12H19N3S. The summed E-state index contributed by atoms with van der Waals surface area (Å²) in [4.78, 5) is 8.28. The van der Waals surface area contributed by atoms with E-state index in [1.807, 2.05) is 17.5 Å². The molecule has 4 heteroatoms. The van der Waals surface area contributed by atoms with Crippen LogP contribution in [0, 0.1) is 6.92 Å². The Morgan fingerprint density at radius 2 is 2.31 bits per heavy atom. The fourth-order valence-electron chi connectivity index (χ4n) is 2.36. The Kier molecular flexibility index (Phi) is 2.96. The first kappa shape index (κ1) is 10.7. The maximum Gasteiger partial charge on any atom is 0.107 e. The van der Waals surface area contributed by atoms with Gasteiger partial charge in [-0.3, -0.25) is 4.90 Å². The van der Waals surface area contributed by atoms with Gasteiger partial charge in [-0.25, -0.2) is 4.98 Å². The number of nitrogens with zero attached hydrogens (tertiary/aromatic N) is 2. The van der Waals surface area contributed by atoms with Gasteiger partial charge in [-0.1, -0.05) is 0 Å². The largest absolute Gasteiger partial charge is 0.310 e. The molecule has 1 saturated carbocycles. The molecule has 3 rings (SSSR count). The van der Waals surface area contributed by atoms with Gasteiger partial charge >= 0.3 is 0 Å². The number of hydrogen-bond acceptors (Lipinski definition) is 4. The van der Waals surface area contributed by atoms with E-state index in [2.05, 4.69) is 22.1 Å². The molecule has 0 amide bonds. The normalized spacial score (nSPS) is 26.4. The molecule has 2 heterocycles. The molecule has 1 aromatic heterocycles. The predicted molar refractivity (Wildman–Crippen MR) is 66.7 cm³/mol. The fraction of sp³-hybridized carbons (Fsp3) is 0.750. The van der Waals surface area contributed by atoms with Gasteiger partial charge in [0.05, 0.1) is 6.54 Å². The highest BCUT2D eigenvalue weighted by atomic mass is 32.1. The number of rotatable bonds is 4. The van der Waals surface area contributed by atoms with E-state index in [0.29, 0.717) is 0 Å². The standard InChI is InChI=1S/C12H19N3S/c1-9-6-13-12(16-9)8-15-5-4-11(7-15)14-10-2-3-10/h6,10-11,14H,2-5,7-8H2,1H3. The molecule has 0 radical (unpaired) electrons. The van der Waals surface area contributed by atoms with Crippen LogP contribution in [0.4, 0.5) is 0 Å². The molecule has 2 aliphatic rings. The molecule has 1 N–H and O–H groups in total. The van der Waals surface area contributed by atoms with Crippen molar-refractivity contribution >= 4 is 11.3 Å². The zero-order chi connectivity index (χ0) is 11.0. The van der Waals surface area contributed by atoms with Gasteiger partial charge in [-0.2, -0.15) is 0 Å². The molecule has 1 unspecified atom stereocenters. The molecule has 88 valence electrons. The molecule has 2 fully saturated rings. The van der Waals surface area contributed by atoms with Gasteiger partial charge in [0.25, 0.3) is 0 Å². The van der Waals surface area contributed by atoms with Crippen LogP contribution in [-0.4, -0.2) is 35.1 Å². The minimum absolute atomic E-state index is 0.730. The molecule has 0 spiro atoms. The molecule has 1 atom stereocenters. The summed E-state index contributed by atoms with van der Waals surface area (Å²) in [5.74, 6) is 0. The third-order valence-corrected chi connectivity index (χ3v) is 4.25. The maximum absolute atomic E-state index is 4.43. The fourth-order valence-corrected chi connectivity index (χ4v) is 3.19. The summed E-state index contributed by atoms with van der Waals surface area (Å²) in [5, 5.41) is 4.98. The first-order chi connectivity index (χ1) is 7.79. The van der Waals surface area contributed by atoms with Gasteiger partial charge in [-0.05, 0) is 26.2 Å². The molecule has 1 aliphatic heterocycles. The van der Waals surface area contributed by atoms with Crippen molar-refractivity contribution in [2.75, 3.05) is 13.1 Å². The lowest BCUT2D eigenvalue weighted by Gasteiger charge is -2.14. The van der Waals surface area contributed by atoms with Crippen molar-refractivity contribution in [1.29, 1.82) is 0 Å². The zero-order valence-electron chi connectivity index (χ0n) is 9.78. The van der Waals surface area contributed by atoms with Crippen LogP contribution in [0.15, 0.2) is 6.20 Å². The molecule has 16 heavy (non-hydrogen) atoms. The van der Waals surface area contributed by atoms with Crippen molar-refractivity contribution in [2.45, 2.75) is 44.8 Å². The van der Waals surface area contributed by atoms with Gasteiger partial charge in [0.15, 0.2) is 0 Å². The van der Waals surface area contributed by atoms with E-state index < -0.39 is 0 Å². The van der Waals surface area contributed by atoms with Crippen LogP contribution in [0.2, 0.25) is 0 Å². The average Bonchev–Trinajstić information content (AvgIpc) is 2.80. The van der Waals surface area contributed by atoms with Crippen LogP contribution < -0.4 is 5.32 Å². The van der Waals surface area contributed by atoms with Crippen molar-refractivity contribution in [2.24, 2.45) is 0 Å². The number of aryl methyl sites for hydroxylation is 1. The smallest absolute Gasteiger partial charge is 0.107 e. The summed E-state index contributed by atoms with van der Waals surface area (Å²) < 4.78 is 0. The highest BCUT2D eigenvalue weighted by Crippen LogP contribution is 2.23. The zero-order valence-corrected chi connectivity index (χ0v) is 10.6. The minimum atomic E-state index is 0.730. The van der Waals surface area contributed by atoms with Gasteiger partial charge in [0.1, 0.15) is 5.01 Å². The van der Waals surface area contributed by atoms with E-state index in [1.54, 1.807) is 0 Å². The first-order valence-electron chi connectivity index (χ1n) is 6.19. The topological polar surface area (TPSA) is 28.2 Å².